The minimum Gasteiger partial charge on any atom is -1.00 e. The van der Waals surface area contributed by atoms with E-state index in [1.54, 1.807) is 0 Å². The third-order valence-electron chi connectivity index (χ3n) is 5.23. The van der Waals surface area contributed by atoms with Crippen LogP contribution >= 0.6 is 0 Å². The average Bonchev–Trinajstić information content (AvgIpc) is 2.57. The first kappa shape index (κ1) is 28.4. The maximum Gasteiger partial charge on any atom is 2.00 e. The summed E-state index contributed by atoms with van der Waals surface area (Å²) in [6, 6.07) is 0. The maximum atomic E-state index is 11.6. The summed E-state index contributed by atoms with van der Waals surface area (Å²) in [5.74, 6) is -2.32. The number of hydrogen-bond acceptors (Lipinski definition) is 2. The number of carbonyl (C=O) groups is 2. The van der Waals surface area contributed by atoms with Crippen molar-refractivity contribution < 1.29 is 22.7 Å². The van der Waals surface area contributed by atoms with E-state index in [1.807, 2.05) is 0 Å². The summed E-state index contributed by atoms with van der Waals surface area (Å²) in [5, 5.41) is 19.0. The average molecular weight is 399 g/mol. The summed E-state index contributed by atoms with van der Waals surface area (Å²) in [4.78, 5) is 23.3. The predicted octanol–water partition coefficient (Wildman–Crippen LogP) is 6.27. The zero-order valence-corrected chi connectivity index (χ0v) is 19.4. The van der Waals surface area contributed by atoms with Crippen LogP contribution in [0.25, 0.3) is 0 Å². The minimum atomic E-state index is -1.58. The molecule has 0 radical (unpaired) electrons. The van der Waals surface area contributed by atoms with Crippen molar-refractivity contribution >= 4 is 49.7 Å². The molecule has 0 fully saturated rings. The van der Waals surface area contributed by atoms with Gasteiger partial charge in [0.15, 0.2) is 5.41 Å². The molecule has 0 spiro atoms. The van der Waals surface area contributed by atoms with Crippen LogP contribution in [0.2, 0.25) is 0 Å². The van der Waals surface area contributed by atoms with Crippen molar-refractivity contribution in [3.63, 3.8) is 0 Å². The number of carboxylic acid groups (broad SMARTS) is 2. The fourth-order valence-electron chi connectivity index (χ4n) is 3.41. The molecule has 0 aliphatic rings. The molecule has 2 N–H and O–H groups in total. The first-order chi connectivity index (χ1) is 12.0. The van der Waals surface area contributed by atoms with Gasteiger partial charge >= 0.3 is 49.7 Å². The Morgan fingerprint density at radius 3 is 1.19 bits per heavy atom. The van der Waals surface area contributed by atoms with E-state index in [4.69, 9.17) is 0 Å². The van der Waals surface area contributed by atoms with Crippen LogP contribution in [0.4, 0.5) is 0 Å². The number of carboxylic acids is 2. The van der Waals surface area contributed by atoms with Gasteiger partial charge < -0.3 is 13.1 Å². The van der Waals surface area contributed by atoms with Gasteiger partial charge in [-0.05, 0) is 12.8 Å². The van der Waals surface area contributed by atoms with E-state index in [9.17, 15) is 19.8 Å². The van der Waals surface area contributed by atoms with Gasteiger partial charge in [0.25, 0.3) is 0 Å². The van der Waals surface area contributed by atoms with Gasteiger partial charge in [0.1, 0.15) is 0 Å². The van der Waals surface area contributed by atoms with Crippen LogP contribution in [0.5, 0.6) is 0 Å². The second kappa shape index (κ2) is 18.6. The van der Waals surface area contributed by atoms with E-state index in [-0.39, 0.29) is 53.4 Å². The third kappa shape index (κ3) is 12.6. The van der Waals surface area contributed by atoms with E-state index >= 15 is 0 Å². The molecule has 0 aromatic rings. The monoisotopic (exact) mass is 398 g/mol. The van der Waals surface area contributed by atoms with Gasteiger partial charge in [0.2, 0.25) is 0 Å². The Morgan fingerprint density at radius 2 is 0.885 bits per heavy atom. The van der Waals surface area contributed by atoms with Crippen LogP contribution < -0.4 is 0 Å². The fraction of sp³-hybridized carbons (Fsp3) is 0.905. The quantitative estimate of drug-likeness (QED) is 0.162. The molecule has 0 heterocycles. The Hall–Kier alpha value is 0.200. The van der Waals surface area contributed by atoms with E-state index in [0.717, 1.165) is 32.1 Å². The molecule has 0 amide bonds. The molecule has 0 aromatic heterocycles. The summed E-state index contributed by atoms with van der Waals surface area (Å²) < 4.78 is 0. The van der Waals surface area contributed by atoms with Gasteiger partial charge in [-0.3, -0.25) is 9.59 Å². The standard InChI is InChI=1S/C21H40O4.Ca.2H/c1-3-5-7-9-10-11-12-13-14-16-18-21(19(22)23,20(24)25)17-15-8-6-4-2;;;/h3-18H2,1-2H3,(H,22,23)(H,24,25);;;/q;+2;2*-1. The fourth-order valence-corrected chi connectivity index (χ4v) is 3.41. The van der Waals surface area contributed by atoms with Crippen molar-refractivity contribution in [1.29, 1.82) is 0 Å². The third-order valence-corrected chi connectivity index (χ3v) is 5.23. The van der Waals surface area contributed by atoms with E-state index in [0.29, 0.717) is 12.8 Å². The van der Waals surface area contributed by atoms with Crippen LogP contribution in [0, 0.1) is 5.41 Å². The van der Waals surface area contributed by atoms with Gasteiger partial charge in [-0.15, -0.1) is 0 Å². The van der Waals surface area contributed by atoms with Gasteiger partial charge in [-0.25, -0.2) is 0 Å². The van der Waals surface area contributed by atoms with Gasteiger partial charge in [-0.1, -0.05) is 104 Å². The second-order valence-electron chi connectivity index (χ2n) is 7.44. The number of hydrogen-bond donors (Lipinski definition) is 2. The molecule has 5 heteroatoms. The zero-order chi connectivity index (χ0) is 19.0. The first-order valence-corrected chi connectivity index (χ1v) is 10.5. The van der Waals surface area contributed by atoms with E-state index < -0.39 is 17.4 Å². The zero-order valence-electron chi connectivity index (χ0n) is 19.2. The molecular weight excluding hydrogens is 356 g/mol. The Bertz CT molecular complexity index is 354. The van der Waals surface area contributed by atoms with Crippen LogP contribution in [0.1, 0.15) is 119 Å². The maximum absolute atomic E-state index is 11.6. The molecule has 4 nitrogen and oxygen atoms in total. The summed E-state index contributed by atoms with van der Waals surface area (Å²) >= 11 is 0. The van der Waals surface area contributed by atoms with E-state index in [2.05, 4.69) is 13.8 Å². The van der Waals surface area contributed by atoms with Gasteiger partial charge in [0.05, 0.1) is 0 Å². The second-order valence-corrected chi connectivity index (χ2v) is 7.44. The molecule has 0 aromatic carbocycles. The molecule has 0 saturated heterocycles. The van der Waals surface area contributed by atoms with Crippen molar-refractivity contribution in [1.82, 2.24) is 0 Å². The Morgan fingerprint density at radius 1 is 0.615 bits per heavy atom. The summed E-state index contributed by atoms with van der Waals surface area (Å²) in [6.07, 6.45) is 15.9. The molecule has 0 atom stereocenters. The van der Waals surface area contributed by atoms with Gasteiger partial charge in [-0.2, -0.15) is 0 Å². The van der Waals surface area contributed by atoms with Crippen molar-refractivity contribution in [2.75, 3.05) is 0 Å². The Kier molecular flexibility index (Phi) is 20.3. The number of rotatable bonds is 18. The molecule has 0 rings (SSSR count). The molecule has 0 aliphatic carbocycles. The molecular formula is C21H42CaO4. The van der Waals surface area contributed by atoms with Gasteiger partial charge in [0, 0.05) is 0 Å². The van der Waals surface area contributed by atoms with Crippen molar-refractivity contribution in [3.05, 3.63) is 0 Å². The van der Waals surface area contributed by atoms with Crippen LogP contribution in [0.15, 0.2) is 0 Å². The SMILES string of the molecule is CCCCCCCCCCCCC(CCCCCC)(C(=O)O)C(=O)O.[Ca+2].[H-].[H-]. The topological polar surface area (TPSA) is 74.6 Å². The Labute approximate surface area is 193 Å². The molecule has 0 aliphatic heterocycles. The van der Waals surface area contributed by atoms with Crippen LogP contribution in [-0.4, -0.2) is 59.9 Å². The van der Waals surface area contributed by atoms with E-state index in [1.165, 1.54) is 44.9 Å². The number of unbranched alkanes of at least 4 members (excludes halogenated alkanes) is 12. The first-order valence-electron chi connectivity index (χ1n) is 10.5. The van der Waals surface area contributed by atoms with Crippen LogP contribution in [-0.2, 0) is 9.59 Å². The molecule has 26 heavy (non-hydrogen) atoms. The normalized spacial score (nSPS) is 11.2. The molecule has 0 bridgehead atoms. The largest absolute Gasteiger partial charge is 2.00 e. The smallest absolute Gasteiger partial charge is 1.00 e. The molecule has 152 valence electrons. The molecule has 0 unspecified atom stereocenters. The van der Waals surface area contributed by atoms with Crippen molar-refractivity contribution in [3.8, 4) is 0 Å². The van der Waals surface area contributed by atoms with Crippen LogP contribution in [0.3, 0.4) is 0 Å². The number of aliphatic carboxylic acids is 2. The van der Waals surface area contributed by atoms with Crippen molar-refractivity contribution in [2.45, 2.75) is 117 Å². The van der Waals surface area contributed by atoms with Crippen molar-refractivity contribution in [2.24, 2.45) is 5.41 Å². The summed E-state index contributed by atoms with van der Waals surface area (Å²) in [6.45, 7) is 4.31. The summed E-state index contributed by atoms with van der Waals surface area (Å²) in [5.41, 5.74) is -1.58. The summed E-state index contributed by atoms with van der Waals surface area (Å²) in [7, 11) is 0. The minimum absolute atomic E-state index is 0. The molecule has 0 saturated carbocycles. The predicted molar refractivity (Wildman–Crippen MR) is 111 cm³/mol. The Balaban J connectivity index is -0.000000960.